The van der Waals surface area contributed by atoms with Gasteiger partial charge >= 0.3 is 0 Å². The zero-order valence-electron chi connectivity index (χ0n) is 10.3. The van der Waals surface area contributed by atoms with Crippen molar-refractivity contribution < 1.29 is 9.53 Å². The Labute approximate surface area is 107 Å². The lowest BCUT2D eigenvalue weighted by Crippen LogP contribution is -2.45. The van der Waals surface area contributed by atoms with Crippen molar-refractivity contribution in [3.8, 4) is 5.75 Å². The van der Waals surface area contributed by atoms with Gasteiger partial charge in [-0.05, 0) is 30.4 Å². The third-order valence-electron chi connectivity index (χ3n) is 3.78. The second-order valence-electron chi connectivity index (χ2n) is 5.26. The molecule has 3 rings (SSSR count). The monoisotopic (exact) mass is 246 g/mol. The van der Waals surface area contributed by atoms with E-state index >= 15 is 0 Å². The highest BCUT2D eigenvalue weighted by Crippen LogP contribution is 2.28. The molecule has 96 valence electrons. The Kier molecular flexibility index (Phi) is 2.96. The second kappa shape index (κ2) is 4.61. The number of para-hydroxylation sites is 1. The van der Waals surface area contributed by atoms with E-state index in [0.717, 1.165) is 30.7 Å². The summed E-state index contributed by atoms with van der Waals surface area (Å²) in [4.78, 5) is 12.0. The molecule has 1 fully saturated rings. The maximum absolute atomic E-state index is 12.0. The quantitative estimate of drug-likeness (QED) is 0.830. The van der Waals surface area contributed by atoms with Gasteiger partial charge in [-0.2, -0.15) is 0 Å². The predicted molar refractivity (Wildman–Crippen MR) is 68.3 cm³/mol. The van der Waals surface area contributed by atoms with Gasteiger partial charge in [0.15, 0.2) is 6.10 Å². The first-order valence-corrected chi connectivity index (χ1v) is 6.50. The maximum Gasteiger partial charge on any atom is 0.261 e. The number of hydrogen-bond donors (Lipinski definition) is 2. The molecule has 1 aliphatic carbocycles. The van der Waals surface area contributed by atoms with Gasteiger partial charge in [-0.25, -0.2) is 0 Å². The van der Waals surface area contributed by atoms with Gasteiger partial charge < -0.3 is 15.8 Å². The predicted octanol–water partition coefficient (Wildman–Crippen LogP) is 0.844. The average Bonchev–Trinajstić information content (AvgIpc) is 2.76. The Morgan fingerprint density at radius 2 is 2.17 bits per heavy atom. The second-order valence-corrected chi connectivity index (χ2v) is 5.26. The van der Waals surface area contributed by atoms with Gasteiger partial charge in [0.2, 0.25) is 0 Å². The Morgan fingerprint density at radius 3 is 2.89 bits per heavy atom. The fourth-order valence-electron chi connectivity index (χ4n) is 2.64. The summed E-state index contributed by atoms with van der Waals surface area (Å²) in [6, 6.07) is 8.15. The van der Waals surface area contributed by atoms with Crippen LogP contribution in [0.2, 0.25) is 0 Å². The van der Waals surface area contributed by atoms with Crippen molar-refractivity contribution in [2.45, 2.75) is 31.4 Å². The van der Waals surface area contributed by atoms with E-state index in [2.05, 4.69) is 5.32 Å². The number of fused-ring (bicyclic) bond motifs is 1. The van der Waals surface area contributed by atoms with Crippen LogP contribution in [-0.4, -0.2) is 24.6 Å². The summed E-state index contributed by atoms with van der Waals surface area (Å²) in [6.45, 7) is 0.725. The minimum atomic E-state index is -0.365. The van der Waals surface area contributed by atoms with Crippen molar-refractivity contribution in [2.24, 2.45) is 11.7 Å². The van der Waals surface area contributed by atoms with Crippen molar-refractivity contribution in [1.29, 1.82) is 0 Å². The van der Waals surface area contributed by atoms with Gasteiger partial charge in [0.25, 0.3) is 5.91 Å². The molecule has 1 unspecified atom stereocenters. The summed E-state index contributed by atoms with van der Waals surface area (Å²) in [7, 11) is 0. The molecule has 1 amide bonds. The van der Waals surface area contributed by atoms with E-state index < -0.39 is 0 Å². The molecule has 1 aromatic carbocycles. The van der Waals surface area contributed by atoms with Crippen LogP contribution in [0, 0.1) is 5.92 Å². The van der Waals surface area contributed by atoms with Crippen LogP contribution in [0.4, 0.5) is 0 Å². The number of benzene rings is 1. The number of hydrogen-bond acceptors (Lipinski definition) is 3. The summed E-state index contributed by atoms with van der Waals surface area (Å²) in [5.74, 6) is 1.38. The minimum Gasteiger partial charge on any atom is -0.480 e. The molecule has 3 N–H and O–H groups in total. The highest BCUT2D eigenvalue weighted by molar-refractivity contribution is 5.82. The van der Waals surface area contributed by atoms with Gasteiger partial charge in [0.1, 0.15) is 5.75 Å². The van der Waals surface area contributed by atoms with Crippen LogP contribution in [0.3, 0.4) is 0 Å². The van der Waals surface area contributed by atoms with Crippen LogP contribution in [-0.2, 0) is 11.2 Å². The first-order valence-electron chi connectivity index (χ1n) is 6.50. The molecule has 4 nitrogen and oxygen atoms in total. The van der Waals surface area contributed by atoms with Gasteiger partial charge in [0.05, 0.1) is 0 Å². The van der Waals surface area contributed by atoms with Gasteiger partial charge in [-0.1, -0.05) is 18.2 Å². The summed E-state index contributed by atoms with van der Waals surface area (Å²) in [5.41, 5.74) is 6.83. The van der Waals surface area contributed by atoms with Crippen LogP contribution in [0.1, 0.15) is 18.4 Å². The Bertz CT molecular complexity index is 430. The number of nitrogens with one attached hydrogen (secondary N) is 1. The zero-order chi connectivity index (χ0) is 12.5. The minimum absolute atomic E-state index is 0.00771. The standard InChI is InChI=1S/C14H18N2O2/c15-11-5-9(6-11)8-16-14(17)13-7-10-3-1-2-4-12(10)18-13/h1-4,9,11,13H,5-8,15H2,(H,16,17). The molecule has 0 saturated heterocycles. The van der Waals surface area contributed by atoms with Crippen molar-refractivity contribution in [3.63, 3.8) is 0 Å². The number of rotatable bonds is 3. The van der Waals surface area contributed by atoms with Crippen molar-refractivity contribution in [1.82, 2.24) is 5.32 Å². The molecule has 0 spiro atoms. The largest absolute Gasteiger partial charge is 0.480 e. The third-order valence-corrected chi connectivity index (χ3v) is 3.78. The van der Waals surface area contributed by atoms with E-state index in [1.807, 2.05) is 24.3 Å². The molecular formula is C14H18N2O2. The molecule has 1 aromatic rings. The Balaban J connectivity index is 1.50. The number of amides is 1. The first-order chi connectivity index (χ1) is 8.72. The van der Waals surface area contributed by atoms with Crippen LogP contribution in [0.5, 0.6) is 5.75 Å². The number of nitrogens with two attached hydrogens (primary N) is 1. The third kappa shape index (κ3) is 2.20. The fourth-order valence-corrected chi connectivity index (χ4v) is 2.64. The smallest absolute Gasteiger partial charge is 0.261 e. The van der Waals surface area contributed by atoms with E-state index in [-0.39, 0.29) is 12.0 Å². The van der Waals surface area contributed by atoms with E-state index in [1.54, 1.807) is 0 Å². The van der Waals surface area contributed by atoms with Crippen molar-refractivity contribution >= 4 is 5.91 Å². The summed E-state index contributed by atoms with van der Waals surface area (Å²) < 4.78 is 5.64. The maximum atomic E-state index is 12.0. The molecule has 2 aliphatic rings. The highest BCUT2D eigenvalue weighted by Gasteiger charge is 2.31. The molecule has 4 heteroatoms. The van der Waals surface area contributed by atoms with Crippen LogP contribution in [0.15, 0.2) is 24.3 Å². The van der Waals surface area contributed by atoms with Crippen molar-refractivity contribution in [2.75, 3.05) is 6.54 Å². The van der Waals surface area contributed by atoms with Gasteiger partial charge in [0, 0.05) is 19.0 Å². The number of carbonyl (C=O) groups is 1. The molecule has 0 radical (unpaired) electrons. The highest BCUT2D eigenvalue weighted by atomic mass is 16.5. The lowest BCUT2D eigenvalue weighted by Gasteiger charge is -2.32. The zero-order valence-corrected chi connectivity index (χ0v) is 10.3. The Morgan fingerprint density at radius 1 is 1.39 bits per heavy atom. The van der Waals surface area contributed by atoms with Gasteiger partial charge in [-0.15, -0.1) is 0 Å². The SMILES string of the molecule is NC1CC(CNC(=O)C2Cc3ccccc3O2)C1. The van der Waals surface area contributed by atoms with Crippen LogP contribution < -0.4 is 15.8 Å². The average molecular weight is 246 g/mol. The van der Waals surface area contributed by atoms with E-state index in [4.69, 9.17) is 10.5 Å². The molecule has 0 bridgehead atoms. The topological polar surface area (TPSA) is 64.3 Å². The van der Waals surface area contributed by atoms with E-state index in [1.165, 1.54) is 0 Å². The summed E-state index contributed by atoms with van der Waals surface area (Å²) in [5, 5.41) is 2.96. The summed E-state index contributed by atoms with van der Waals surface area (Å²) in [6.07, 6.45) is 2.35. The lowest BCUT2D eigenvalue weighted by molar-refractivity contribution is -0.127. The fraction of sp³-hybridized carbons (Fsp3) is 0.500. The normalized spacial score (nSPS) is 29.1. The first kappa shape index (κ1) is 11.5. The van der Waals surface area contributed by atoms with Crippen LogP contribution in [0.25, 0.3) is 0 Å². The molecule has 1 aliphatic heterocycles. The summed E-state index contributed by atoms with van der Waals surface area (Å²) >= 11 is 0. The van der Waals surface area contributed by atoms with Crippen molar-refractivity contribution in [3.05, 3.63) is 29.8 Å². The lowest BCUT2D eigenvalue weighted by atomic mass is 9.81. The van der Waals surface area contributed by atoms with Crippen LogP contribution >= 0.6 is 0 Å². The van der Waals surface area contributed by atoms with Gasteiger partial charge in [-0.3, -0.25) is 4.79 Å². The van der Waals surface area contributed by atoms with E-state index in [0.29, 0.717) is 18.4 Å². The molecule has 18 heavy (non-hydrogen) atoms. The molecule has 1 heterocycles. The Hall–Kier alpha value is -1.55. The molecular weight excluding hydrogens is 228 g/mol. The number of ether oxygens (including phenoxy) is 1. The molecule has 1 saturated carbocycles. The molecule has 1 atom stereocenters. The van der Waals surface area contributed by atoms with E-state index in [9.17, 15) is 4.79 Å². The molecule has 0 aromatic heterocycles. The number of carbonyl (C=O) groups excluding carboxylic acids is 1.